The molecule has 19 heavy (non-hydrogen) atoms. The highest BCUT2D eigenvalue weighted by Gasteiger charge is 2.04. The summed E-state index contributed by atoms with van der Waals surface area (Å²) in [5, 5.41) is 7.67. The molecule has 0 fully saturated rings. The van der Waals surface area contributed by atoms with Gasteiger partial charge in [0.15, 0.2) is 5.65 Å². The number of aromatic nitrogens is 3. The van der Waals surface area contributed by atoms with Crippen LogP contribution in [0.25, 0.3) is 5.65 Å². The molecule has 0 atom stereocenters. The van der Waals surface area contributed by atoms with Crippen LogP contribution in [0.3, 0.4) is 0 Å². The van der Waals surface area contributed by atoms with Crippen LogP contribution in [-0.2, 0) is 6.54 Å². The Morgan fingerprint density at radius 2 is 2.00 bits per heavy atom. The molecule has 4 heteroatoms. The first-order valence-corrected chi connectivity index (χ1v) is 6.33. The van der Waals surface area contributed by atoms with Gasteiger partial charge in [-0.05, 0) is 42.7 Å². The Morgan fingerprint density at radius 1 is 1.16 bits per heavy atom. The second-order valence-electron chi connectivity index (χ2n) is 4.73. The summed E-state index contributed by atoms with van der Waals surface area (Å²) in [6, 6.07) is 12.5. The molecule has 0 spiro atoms. The summed E-state index contributed by atoms with van der Waals surface area (Å²) in [6.07, 6.45) is 1.58. The Labute approximate surface area is 112 Å². The van der Waals surface area contributed by atoms with E-state index >= 15 is 0 Å². The van der Waals surface area contributed by atoms with Gasteiger partial charge in [-0.15, -0.1) is 0 Å². The minimum absolute atomic E-state index is 0.783. The molecule has 0 radical (unpaired) electrons. The van der Waals surface area contributed by atoms with Crippen LogP contribution >= 0.6 is 0 Å². The average Bonchev–Trinajstić information content (AvgIpc) is 2.85. The van der Waals surface area contributed by atoms with Gasteiger partial charge >= 0.3 is 0 Å². The van der Waals surface area contributed by atoms with E-state index in [1.165, 1.54) is 16.7 Å². The fourth-order valence-electron chi connectivity index (χ4n) is 2.18. The van der Waals surface area contributed by atoms with Gasteiger partial charge in [-0.1, -0.05) is 24.3 Å². The van der Waals surface area contributed by atoms with Crippen molar-refractivity contribution in [3.05, 3.63) is 59.4 Å². The normalized spacial score (nSPS) is 10.8. The van der Waals surface area contributed by atoms with E-state index in [2.05, 4.69) is 59.6 Å². The maximum absolute atomic E-state index is 4.24. The molecule has 0 aliphatic heterocycles. The number of hydrogen-bond donors (Lipinski definition) is 1. The largest absolute Gasteiger partial charge is 0.366 e. The Balaban J connectivity index is 1.90. The van der Waals surface area contributed by atoms with Crippen LogP contribution in [0.5, 0.6) is 0 Å². The number of fused-ring (bicyclic) bond motifs is 1. The quantitative estimate of drug-likeness (QED) is 0.779. The van der Waals surface area contributed by atoms with Crippen LogP contribution in [0, 0.1) is 13.8 Å². The highest BCUT2D eigenvalue weighted by molar-refractivity contribution is 5.51. The van der Waals surface area contributed by atoms with Crippen molar-refractivity contribution in [1.29, 1.82) is 0 Å². The molecule has 2 heterocycles. The van der Waals surface area contributed by atoms with Gasteiger partial charge in [-0.2, -0.15) is 9.61 Å². The molecule has 0 amide bonds. The van der Waals surface area contributed by atoms with Crippen LogP contribution in [0.15, 0.2) is 42.7 Å². The van der Waals surface area contributed by atoms with E-state index in [1.807, 2.05) is 10.6 Å². The lowest BCUT2D eigenvalue weighted by Gasteiger charge is -2.10. The van der Waals surface area contributed by atoms with E-state index in [-0.39, 0.29) is 0 Å². The average molecular weight is 252 g/mol. The molecular formula is C15H16N4. The molecule has 0 aliphatic rings. The zero-order valence-electron chi connectivity index (χ0n) is 11.1. The maximum atomic E-state index is 4.24. The fraction of sp³-hybridized carbons (Fsp3) is 0.200. The molecule has 0 aliphatic carbocycles. The van der Waals surface area contributed by atoms with Crippen molar-refractivity contribution in [3.8, 4) is 0 Å². The molecule has 3 aromatic rings. The van der Waals surface area contributed by atoms with Crippen molar-refractivity contribution in [1.82, 2.24) is 14.6 Å². The topological polar surface area (TPSA) is 42.2 Å². The van der Waals surface area contributed by atoms with E-state index in [9.17, 15) is 0 Å². The molecule has 0 unspecified atom stereocenters. The van der Waals surface area contributed by atoms with Crippen LogP contribution in [-0.4, -0.2) is 14.6 Å². The monoisotopic (exact) mass is 252 g/mol. The Bertz CT molecular complexity index is 715. The SMILES string of the molecule is Cc1cc(NCc2ccccc2C)n2ncnc2c1. The van der Waals surface area contributed by atoms with Crippen LogP contribution < -0.4 is 5.32 Å². The van der Waals surface area contributed by atoms with Crippen LogP contribution in [0.2, 0.25) is 0 Å². The summed E-state index contributed by atoms with van der Waals surface area (Å²) >= 11 is 0. The molecule has 1 N–H and O–H groups in total. The smallest absolute Gasteiger partial charge is 0.157 e. The minimum Gasteiger partial charge on any atom is -0.366 e. The number of anilines is 1. The molecule has 0 bridgehead atoms. The third-order valence-electron chi connectivity index (χ3n) is 3.24. The summed E-state index contributed by atoms with van der Waals surface area (Å²) in [7, 11) is 0. The second kappa shape index (κ2) is 4.72. The predicted octanol–water partition coefficient (Wildman–Crippen LogP) is 2.96. The molecule has 2 aromatic heterocycles. The van der Waals surface area contributed by atoms with Gasteiger partial charge in [0.2, 0.25) is 0 Å². The first-order chi connectivity index (χ1) is 9.24. The number of nitrogens with one attached hydrogen (secondary N) is 1. The highest BCUT2D eigenvalue weighted by atomic mass is 15.3. The lowest BCUT2D eigenvalue weighted by molar-refractivity contribution is 0.939. The molecule has 0 saturated heterocycles. The number of pyridine rings is 1. The summed E-state index contributed by atoms with van der Waals surface area (Å²) < 4.78 is 1.82. The van der Waals surface area contributed by atoms with Crippen molar-refractivity contribution in [2.45, 2.75) is 20.4 Å². The summed E-state index contributed by atoms with van der Waals surface area (Å²) in [4.78, 5) is 4.22. The summed E-state index contributed by atoms with van der Waals surface area (Å²) in [6.45, 7) is 4.97. The Kier molecular flexibility index (Phi) is 2.91. The van der Waals surface area contributed by atoms with Gasteiger partial charge in [0, 0.05) is 6.54 Å². The number of hydrogen-bond acceptors (Lipinski definition) is 3. The van der Waals surface area contributed by atoms with E-state index in [1.54, 1.807) is 6.33 Å². The zero-order chi connectivity index (χ0) is 13.2. The molecule has 4 nitrogen and oxygen atoms in total. The van der Waals surface area contributed by atoms with Crippen molar-refractivity contribution in [2.75, 3.05) is 5.32 Å². The maximum Gasteiger partial charge on any atom is 0.157 e. The third kappa shape index (κ3) is 2.29. The minimum atomic E-state index is 0.783. The van der Waals surface area contributed by atoms with E-state index in [0.717, 1.165) is 18.0 Å². The molecule has 3 rings (SSSR count). The predicted molar refractivity (Wildman–Crippen MR) is 76.2 cm³/mol. The van der Waals surface area contributed by atoms with Gasteiger partial charge in [0.1, 0.15) is 12.1 Å². The lowest BCUT2D eigenvalue weighted by Crippen LogP contribution is -2.06. The Morgan fingerprint density at radius 3 is 2.84 bits per heavy atom. The summed E-state index contributed by atoms with van der Waals surface area (Å²) in [5.74, 6) is 0.968. The zero-order valence-corrected chi connectivity index (χ0v) is 11.1. The standard InChI is InChI=1S/C15H16N4/c1-11-7-14(19-15(8-11)17-10-18-19)16-9-13-6-4-3-5-12(13)2/h3-8,10,16H,9H2,1-2H3. The lowest BCUT2D eigenvalue weighted by atomic mass is 10.1. The molecule has 96 valence electrons. The third-order valence-corrected chi connectivity index (χ3v) is 3.24. The first kappa shape index (κ1) is 11.7. The van der Waals surface area contributed by atoms with E-state index in [0.29, 0.717) is 0 Å². The van der Waals surface area contributed by atoms with E-state index in [4.69, 9.17) is 0 Å². The Hall–Kier alpha value is -2.36. The molecular weight excluding hydrogens is 236 g/mol. The van der Waals surface area contributed by atoms with Gasteiger partial charge in [0.05, 0.1) is 0 Å². The van der Waals surface area contributed by atoms with Crippen molar-refractivity contribution in [3.63, 3.8) is 0 Å². The highest BCUT2D eigenvalue weighted by Crippen LogP contribution is 2.15. The number of benzene rings is 1. The van der Waals surface area contributed by atoms with Crippen molar-refractivity contribution in [2.24, 2.45) is 0 Å². The van der Waals surface area contributed by atoms with Crippen molar-refractivity contribution >= 4 is 11.5 Å². The fourth-order valence-corrected chi connectivity index (χ4v) is 2.18. The van der Waals surface area contributed by atoms with Gasteiger partial charge in [-0.25, -0.2) is 4.98 Å². The number of rotatable bonds is 3. The van der Waals surface area contributed by atoms with Gasteiger partial charge in [0.25, 0.3) is 0 Å². The van der Waals surface area contributed by atoms with Crippen LogP contribution in [0.4, 0.5) is 5.82 Å². The summed E-state index contributed by atoms with van der Waals surface area (Å²) in [5.41, 5.74) is 4.62. The second-order valence-corrected chi connectivity index (χ2v) is 4.73. The number of aryl methyl sites for hydroxylation is 2. The van der Waals surface area contributed by atoms with Crippen molar-refractivity contribution < 1.29 is 0 Å². The molecule has 1 aromatic carbocycles. The molecule has 0 saturated carbocycles. The first-order valence-electron chi connectivity index (χ1n) is 6.33. The van der Waals surface area contributed by atoms with Gasteiger partial charge < -0.3 is 5.32 Å². The number of nitrogens with zero attached hydrogens (tertiary/aromatic N) is 3. The van der Waals surface area contributed by atoms with E-state index < -0.39 is 0 Å². The van der Waals surface area contributed by atoms with Crippen LogP contribution in [0.1, 0.15) is 16.7 Å². The van der Waals surface area contributed by atoms with Gasteiger partial charge in [-0.3, -0.25) is 0 Å².